The maximum atomic E-state index is 11.8. The highest BCUT2D eigenvalue weighted by Gasteiger charge is 2.13. The van der Waals surface area contributed by atoms with E-state index < -0.39 is 0 Å². The SMILES string of the molecule is COCCOc1ncnc2ccc(-c3ccc(OC)c(OC)c3)cc12.COc1ccc(-c2ccc3nc[nH]c(=O)c3c2)cc1OC.COc1ccc(-c2ccc3ncnc(OC(C)C)c3c2)cc1OC. The van der Waals surface area contributed by atoms with Crippen LogP contribution in [0.5, 0.6) is 46.3 Å². The van der Waals surface area contributed by atoms with Gasteiger partial charge in [0.15, 0.2) is 34.5 Å². The average molecular weight is 947 g/mol. The zero-order valence-corrected chi connectivity index (χ0v) is 40.4. The van der Waals surface area contributed by atoms with E-state index in [0.717, 1.165) is 55.2 Å². The van der Waals surface area contributed by atoms with Crippen LogP contribution in [0, 0.1) is 0 Å². The van der Waals surface area contributed by atoms with Crippen molar-refractivity contribution in [1.29, 1.82) is 0 Å². The Labute approximate surface area is 405 Å². The van der Waals surface area contributed by atoms with Crippen molar-refractivity contribution in [3.05, 3.63) is 139 Å². The Morgan fingerprint density at radius 2 is 0.814 bits per heavy atom. The summed E-state index contributed by atoms with van der Waals surface area (Å²) in [5, 5.41) is 2.30. The summed E-state index contributed by atoms with van der Waals surface area (Å²) < 4.78 is 48.4. The average Bonchev–Trinajstić information content (AvgIpc) is 3.40. The van der Waals surface area contributed by atoms with E-state index in [4.69, 9.17) is 42.6 Å². The lowest BCUT2D eigenvalue weighted by Crippen LogP contribution is -2.07. The van der Waals surface area contributed by atoms with Gasteiger partial charge in [-0.15, -0.1) is 0 Å². The molecule has 6 aromatic carbocycles. The molecule has 0 bridgehead atoms. The highest BCUT2D eigenvalue weighted by Crippen LogP contribution is 2.37. The molecule has 70 heavy (non-hydrogen) atoms. The maximum Gasteiger partial charge on any atom is 0.258 e. The van der Waals surface area contributed by atoms with Crippen molar-refractivity contribution in [2.24, 2.45) is 0 Å². The first-order valence-electron chi connectivity index (χ1n) is 22.0. The molecule has 16 nitrogen and oxygen atoms in total. The minimum absolute atomic E-state index is 0.0489. The number of nitrogens with one attached hydrogen (secondary N) is 1. The Hall–Kier alpha value is -8.50. The lowest BCUT2D eigenvalue weighted by atomic mass is 10.0. The van der Waals surface area contributed by atoms with Crippen LogP contribution in [-0.2, 0) is 4.74 Å². The van der Waals surface area contributed by atoms with Crippen LogP contribution in [0.4, 0.5) is 0 Å². The topological polar surface area (TPSA) is 180 Å². The van der Waals surface area contributed by atoms with Gasteiger partial charge >= 0.3 is 0 Å². The lowest BCUT2D eigenvalue weighted by Gasteiger charge is -2.12. The van der Waals surface area contributed by atoms with E-state index in [0.29, 0.717) is 70.4 Å². The summed E-state index contributed by atoms with van der Waals surface area (Å²) in [6.07, 6.45) is 4.48. The highest BCUT2D eigenvalue weighted by atomic mass is 16.5. The molecular formula is C54H54N6O10. The number of H-pyrrole nitrogens is 1. The molecule has 0 saturated carbocycles. The molecule has 0 radical (unpaired) electrons. The zero-order chi connectivity index (χ0) is 49.6. The fourth-order valence-electron chi connectivity index (χ4n) is 7.37. The summed E-state index contributed by atoms with van der Waals surface area (Å²) >= 11 is 0. The molecule has 9 rings (SSSR count). The van der Waals surface area contributed by atoms with Gasteiger partial charge in [0.2, 0.25) is 11.8 Å². The number of aromatic amines is 1. The Balaban J connectivity index is 0.000000155. The normalized spacial score (nSPS) is 10.7. The van der Waals surface area contributed by atoms with E-state index in [1.54, 1.807) is 49.8 Å². The van der Waals surface area contributed by atoms with Gasteiger partial charge in [0.05, 0.1) is 94.4 Å². The second-order valence-corrected chi connectivity index (χ2v) is 15.5. The van der Waals surface area contributed by atoms with Gasteiger partial charge in [-0.2, -0.15) is 0 Å². The first kappa shape index (κ1) is 49.4. The molecule has 0 aliphatic rings. The number of fused-ring (bicyclic) bond motifs is 3. The molecule has 360 valence electrons. The van der Waals surface area contributed by atoms with E-state index in [1.807, 2.05) is 123 Å². The van der Waals surface area contributed by atoms with Crippen LogP contribution in [0.25, 0.3) is 66.1 Å². The number of hydrogen-bond donors (Lipinski definition) is 1. The molecule has 0 aliphatic heterocycles. The van der Waals surface area contributed by atoms with Crippen LogP contribution in [0.15, 0.2) is 133 Å². The van der Waals surface area contributed by atoms with Gasteiger partial charge in [-0.1, -0.05) is 36.4 Å². The molecular weight excluding hydrogens is 893 g/mol. The molecule has 16 heteroatoms. The molecule has 3 heterocycles. The minimum Gasteiger partial charge on any atom is -0.493 e. The predicted molar refractivity (Wildman–Crippen MR) is 270 cm³/mol. The highest BCUT2D eigenvalue weighted by molar-refractivity contribution is 5.90. The van der Waals surface area contributed by atoms with E-state index in [9.17, 15) is 4.79 Å². The van der Waals surface area contributed by atoms with Crippen molar-refractivity contribution in [3.8, 4) is 79.6 Å². The van der Waals surface area contributed by atoms with E-state index in [1.165, 1.54) is 19.0 Å². The summed E-state index contributed by atoms with van der Waals surface area (Å²) in [4.78, 5) is 35.7. The van der Waals surface area contributed by atoms with Gasteiger partial charge < -0.3 is 47.6 Å². The molecule has 0 unspecified atom stereocenters. The lowest BCUT2D eigenvalue weighted by molar-refractivity contribution is 0.144. The van der Waals surface area contributed by atoms with Crippen LogP contribution in [0.3, 0.4) is 0 Å². The molecule has 1 N–H and O–H groups in total. The fraction of sp³-hybridized carbons (Fsp3) is 0.222. The monoisotopic (exact) mass is 946 g/mol. The van der Waals surface area contributed by atoms with Gasteiger partial charge in [-0.3, -0.25) is 4.79 Å². The summed E-state index contributed by atoms with van der Waals surface area (Å²) in [6, 6.07) is 34.9. The molecule has 0 amide bonds. The minimum atomic E-state index is -0.151. The predicted octanol–water partition coefficient (Wildman–Crippen LogP) is 10.0. The molecule has 0 atom stereocenters. The standard InChI is InChI=1S/C19H20N2O4.C19H20N2O3.C16H14N2O3/c1-22-8-9-25-19-15-10-13(4-6-16(15)20-12-21-19)14-5-7-17(23-2)18(11-14)24-3;1-12(2)24-19-15-9-13(5-7-16(15)20-11-21-19)14-6-8-17(22-3)18(10-14)23-4;1-20-14-6-4-11(8-15(14)21-2)10-3-5-13-12(7-10)16(19)18-9-17-13/h4-7,10-12H,8-9H2,1-3H3;5-12H,1-4H3;3-9H,1-2H3,(H,17,18,19). The summed E-state index contributed by atoms with van der Waals surface area (Å²) in [5.74, 6) is 5.23. The van der Waals surface area contributed by atoms with Gasteiger partial charge in [-0.25, -0.2) is 24.9 Å². The van der Waals surface area contributed by atoms with Gasteiger partial charge in [0.1, 0.15) is 19.3 Å². The van der Waals surface area contributed by atoms with Crippen LogP contribution >= 0.6 is 0 Å². The summed E-state index contributed by atoms with van der Waals surface area (Å²) in [6.45, 7) is 4.89. The number of hydrogen-bond acceptors (Lipinski definition) is 15. The Morgan fingerprint density at radius 1 is 0.429 bits per heavy atom. The Bertz CT molecular complexity index is 3270. The van der Waals surface area contributed by atoms with Crippen molar-refractivity contribution in [3.63, 3.8) is 0 Å². The smallest absolute Gasteiger partial charge is 0.258 e. The second kappa shape index (κ2) is 23.5. The first-order valence-corrected chi connectivity index (χ1v) is 22.0. The molecule has 0 fully saturated rings. The summed E-state index contributed by atoms with van der Waals surface area (Å²) in [7, 11) is 11.3. The second-order valence-electron chi connectivity index (χ2n) is 15.5. The van der Waals surface area contributed by atoms with Gasteiger partial charge in [-0.05, 0) is 120 Å². The Kier molecular flexibility index (Phi) is 16.6. The van der Waals surface area contributed by atoms with Gasteiger partial charge in [0.25, 0.3) is 5.56 Å². The number of aromatic nitrogens is 6. The third kappa shape index (κ3) is 11.6. The summed E-state index contributed by atoms with van der Waals surface area (Å²) in [5.41, 5.74) is 8.13. The van der Waals surface area contributed by atoms with Crippen molar-refractivity contribution in [2.75, 3.05) is 63.0 Å². The number of ether oxygens (including phenoxy) is 9. The number of rotatable bonds is 15. The maximum absolute atomic E-state index is 11.8. The molecule has 0 aliphatic carbocycles. The van der Waals surface area contributed by atoms with Crippen LogP contribution < -0.4 is 43.5 Å². The zero-order valence-electron chi connectivity index (χ0n) is 40.4. The number of methoxy groups -OCH3 is 7. The van der Waals surface area contributed by atoms with Crippen molar-refractivity contribution in [1.82, 2.24) is 29.9 Å². The van der Waals surface area contributed by atoms with Crippen molar-refractivity contribution < 1.29 is 42.6 Å². The van der Waals surface area contributed by atoms with Crippen LogP contribution in [0.1, 0.15) is 13.8 Å². The Morgan fingerprint density at radius 3 is 1.24 bits per heavy atom. The third-order valence-electron chi connectivity index (χ3n) is 10.9. The van der Waals surface area contributed by atoms with Crippen molar-refractivity contribution in [2.45, 2.75) is 20.0 Å². The number of benzene rings is 6. The van der Waals surface area contributed by atoms with Crippen LogP contribution in [0.2, 0.25) is 0 Å². The third-order valence-corrected chi connectivity index (χ3v) is 10.9. The van der Waals surface area contributed by atoms with E-state index >= 15 is 0 Å². The van der Waals surface area contributed by atoms with Crippen molar-refractivity contribution >= 4 is 32.7 Å². The molecule has 0 saturated heterocycles. The van der Waals surface area contributed by atoms with E-state index in [2.05, 4.69) is 29.9 Å². The molecule has 0 spiro atoms. The van der Waals surface area contributed by atoms with Gasteiger partial charge in [0, 0.05) is 7.11 Å². The molecule has 3 aromatic heterocycles. The fourth-order valence-corrected chi connectivity index (χ4v) is 7.37. The first-order chi connectivity index (χ1) is 34.1. The van der Waals surface area contributed by atoms with E-state index in [-0.39, 0.29) is 11.7 Å². The van der Waals surface area contributed by atoms with Crippen LogP contribution in [-0.4, -0.2) is 99.0 Å². The molecule has 9 aromatic rings. The number of nitrogens with zero attached hydrogens (tertiary/aromatic N) is 5. The largest absolute Gasteiger partial charge is 0.493 e. The quantitative estimate of drug-likeness (QED) is 0.0959.